The molecule has 6 N–H and O–H groups in total. The summed E-state index contributed by atoms with van der Waals surface area (Å²) in [5.41, 5.74) is 11.2. The maximum Gasteiger partial charge on any atom is 0.407 e. The van der Waals surface area contributed by atoms with Crippen molar-refractivity contribution in [3.63, 3.8) is 0 Å². The summed E-state index contributed by atoms with van der Waals surface area (Å²) < 4.78 is 5.14. The Morgan fingerprint density at radius 3 is 2.72 bits per heavy atom. The fraction of sp³-hybridized carbons (Fsp3) is 0.438. The maximum atomic E-state index is 12.0. The standard InChI is InChI=1S/C16H25N5O3S/c1-16(2,3)24-15(23)19-8-6-13-21-12(10-25-13)14(22)20-9-11(18)5-4-7-17/h4-5,7,10H,6,8-9,17-18H2,1-3H3,(H,19,23)(H,20,22)/b7-4-,11-5-. The van der Waals surface area contributed by atoms with Crippen molar-refractivity contribution in [1.82, 2.24) is 15.6 Å². The summed E-state index contributed by atoms with van der Waals surface area (Å²) in [5.74, 6) is -0.310. The van der Waals surface area contributed by atoms with Gasteiger partial charge in [-0.1, -0.05) is 0 Å². The lowest BCUT2D eigenvalue weighted by atomic mass is 10.2. The highest BCUT2D eigenvalue weighted by Crippen LogP contribution is 2.10. The second kappa shape index (κ2) is 9.67. The van der Waals surface area contributed by atoms with E-state index in [1.165, 1.54) is 17.5 Å². The van der Waals surface area contributed by atoms with E-state index >= 15 is 0 Å². The predicted octanol–water partition coefficient (Wildman–Crippen LogP) is 1.26. The Hall–Kier alpha value is -2.55. The van der Waals surface area contributed by atoms with Crippen LogP contribution in [0.1, 0.15) is 36.3 Å². The average Bonchev–Trinajstić information content (AvgIpc) is 2.97. The molecule has 138 valence electrons. The highest BCUT2D eigenvalue weighted by Gasteiger charge is 2.16. The van der Waals surface area contributed by atoms with E-state index in [1.807, 2.05) is 0 Å². The number of alkyl carbamates (subject to hydrolysis) is 1. The summed E-state index contributed by atoms with van der Waals surface area (Å²) in [6.45, 7) is 5.98. The number of carbonyl (C=O) groups excluding carboxylic acids is 2. The second-order valence-corrected chi connectivity index (χ2v) is 7.06. The van der Waals surface area contributed by atoms with Gasteiger partial charge in [-0.3, -0.25) is 4.79 Å². The minimum absolute atomic E-state index is 0.205. The van der Waals surface area contributed by atoms with Crippen LogP contribution in [0.3, 0.4) is 0 Å². The van der Waals surface area contributed by atoms with Crippen molar-refractivity contribution in [3.8, 4) is 0 Å². The quantitative estimate of drug-likeness (QED) is 0.536. The lowest BCUT2D eigenvalue weighted by Crippen LogP contribution is -2.33. The molecule has 0 aromatic carbocycles. The molecular weight excluding hydrogens is 342 g/mol. The minimum atomic E-state index is -0.535. The number of carbonyl (C=O) groups is 2. The molecule has 0 aliphatic carbocycles. The number of hydrogen-bond acceptors (Lipinski definition) is 7. The molecule has 0 atom stereocenters. The Morgan fingerprint density at radius 2 is 2.08 bits per heavy atom. The lowest BCUT2D eigenvalue weighted by molar-refractivity contribution is 0.0528. The molecule has 1 aromatic heterocycles. The molecule has 0 unspecified atom stereocenters. The molecule has 0 fully saturated rings. The highest BCUT2D eigenvalue weighted by molar-refractivity contribution is 7.09. The molecule has 9 heteroatoms. The van der Waals surface area contributed by atoms with Crippen molar-refractivity contribution in [3.05, 3.63) is 40.1 Å². The van der Waals surface area contributed by atoms with Crippen LogP contribution in [0.15, 0.2) is 29.4 Å². The predicted molar refractivity (Wildman–Crippen MR) is 98.0 cm³/mol. The zero-order valence-electron chi connectivity index (χ0n) is 14.7. The van der Waals surface area contributed by atoms with Gasteiger partial charge in [0, 0.05) is 24.0 Å². The summed E-state index contributed by atoms with van der Waals surface area (Å²) in [6, 6.07) is 0. The van der Waals surface area contributed by atoms with E-state index < -0.39 is 11.7 Å². The van der Waals surface area contributed by atoms with Gasteiger partial charge in [-0.25, -0.2) is 9.78 Å². The number of allylic oxidation sites excluding steroid dienone is 2. The molecule has 1 aromatic rings. The van der Waals surface area contributed by atoms with E-state index in [-0.39, 0.29) is 12.5 Å². The summed E-state index contributed by atoms with van der Waals surface area (Å²) >= 11 is 1.35. The van der Waals surface area contributed by atoms with Crippen molar-refractivity contribution >= 4 is 23.3 Å². The third kappa shape index (κ3) is 8.75. The fourth-order valence-corrected chi connectivity index (χ4v) is 2.41. The molecule has 0 saturated heterocycles. The van der Waals surface area contributed by atoms with E-state index in [2.05, 4.69) is 15.6 Å². The number of nitrogens with zero attached hydrogens (tertiary/aromatic N) is 1. The molecule has 25 heavy (non-hydrogen) atoms. The van der Waals surface area contributed by atoms with Crippen LogP contribution in [0.5, 0.6) is 0 Å². The molecule has 2 amide bonds. The number of amides is 2. The maximum absolute atomic E-state index is 12.0. The smallest absolute Gasteiger partial charge is 0.407 e. The Labute approximate surface area is 151 Å². The third-order valence-electron chi connectivity index (χ3n) is 2.67. The van der Waals surface area contributed by atoms with E-state index in [0.717, 1.165) is 5.01 Å². The van der Waals surface area contributed by atoms with Crippen LogP contribution in [0.25, 0.3) is 0 Å². The van der Waals surface area contributed by atoms with Crippen LogP contribution in [-0.2, 0) is 11.2 Å². The van der Waals surface area contributed by atoms with Gasteiger partial charge < -0.3 is 26.8 Å². The fourth-order valence-electron chi connectivity index (χ4n) is 1.63. The van der Waals surface area contributed by atoms with E-state index in [9.17, 15) is 9.59 Å². The first-order valence-corrected chi connectivity index (χ1v) is 8.61. The van der Waals surface area contributed by atoms with Gasteiger partial charge in [-0.15, -0.1) is 11.3 Å². The number of ether oxygens (including phenoxy) is 1. The molecule has 0 spiro atoms. The number of hydrogen-bond donors (Lipinski definition) is 4. The Balaban J connectivity index is 2.40. The monoisotopic (exact) mass is 367 g/mol. The van der Waals surface area contributed by atoms with Crippen molar-refractivity contribution in [2.24, 2.45) is 11.5 Å². The summed E-state index contributed by atoms with van der Waals surface area (Å²) in [5, 5.41) is 7.73. The van der Waals surface area contributed by atoms with Gasteiger partial charge in [0.05, 0.1) is 11.6 Å². The number of rotatable bonds is 7. The second-order valence-electron chi connectivity index (χ2n) is 6.11. The molecule has 0 saturated carbocycles. The van der Waals surface area contributed by atoms with Gasteiger partial charge in [0.25, 0.3) is 5.91 Å². The number of nitrogens with two attached hydrogens (primary N) is 2. The van der Waals surface area contributed by atoms with Crippen molar-refractivity contribution < 1.29 is 14.3 Å². The number of nitrogens with one attached hydrogen (secondary N) is 2. The molecule has 1 rings (SSSR count). The third-order valence-corrected chi connectivity index (χ3v) is 3.57. The largest absolute Gasteiger partial charge is 0.444 e. The van der Waals surface area contributed by atoms with Gasteiger partial charge >= 0.3 is 6.09 Å². The Bertz CT molecular complexity index is 646. The van der Waals surface area contributed by atoms with Crippen LogP contribution < -0.4 is 22.1 Å². The van der Waals surface area contributed by atoms with Crippen LogP contribution in [0.2, 0.25) is 0 Å². The van der Waals surface area contributed by atoms with Crippen LogP contribution in [0, 0.1) is 0 Å². The van der Waals surface area contributed by atoms with Gasteiger partial charge in [0.1, 0.15) is 11.3 Å². The SMILES string of the molecule is CC(C)(C)OC(=O)NCCc1nc(C(=O)NC/C(N)=C/C=C\N)cs1. The van der Waals surface area contributed by atoms with E-state index in [0.29, 0.717) is 24.4 Å². The minimum Gasteiger partial charge on any atom is -0.444 e. The zero-order valence-corrected chi connectivity index (χ0v) is 15.5. The summed E-state index contributed by atoms with van der Waals surface area (Å²) in [7, 11) is 0. The summed E-state index contributed by atoms with van der Waals surface area (Å²) in [4.78, 5) is 27.8. The van der Waals surface area contributed by atoms with Gasteiger partial charge in [-0.2, -0.15) is 0 Å². The Kier molecular flexibility index (Phi) is 7.93. The highest BCUT2D eigenvalue weighted by atomic mass is 32.1. The first-order valence-electron chi connectivity index (χ1n) is 7.73. The molecule has 0 radical (unpaired) electrons. The van der Waals surface area contributed by atoms with Crippen molar-refractivity contribution in [2.75, 3.05) is 13.1 Å². The normalized spacial score (nSPS) is 12.2. The molecule has 0 aliphatic heterocycles. The molecule has 0 aliphatic rings. The summed E-state index contributed by atoms with van der Waals surface area (Å²) in [6.07, 6.45) is 4.58. The molecule has 1 heterocycles. The Morgan fingerprint density at radius 1 is 1.36 bits per heavy atom. The van der Waals surface area contributed by atoms with Crippen LogP contribution >= 0.6 is 11.3 Å². The van der Waals surface area contributed by atoms with Crippen LogP contribution in [0.4, 0.5) is 4.79 Å². The molecule has 8 nitrogen and oxygen atoms in total. The zero-order chi connectivity index (χ0) is 18.9. The van der Waals surface area contributed by atoms with Gasteiger partial charge in [0.2, 0.25) is 0 Å². The first-order chi connectivity index (χ1) is 11.7. The van der Waals surface area contributed by atoms with Gasteiger partial charge in [0.15, 0.2) is 0 Å². The first kappa shape index (κ1) is 20.5. The average molecular weight is 367 g/mol. The van der Waals surface area contributed by atoms with E-state index in [1.54, 1.807) is 38.3 Å². The number of thiazole rings is 1. The van der Waals surface area contributed by atoms with Gasteiger partial charge in [-0.05, 0) is 39.1 Å². The topological polar surface area (TPSA) is 132 Å². The lowest BCUT2D eigenvalue weighted by Gasteiger charge is -2.19. The molecular formula is C16H25N5O3S. The number of aromatic nitrogens is 1. The molecule has 0 bridgehead atoms. The van der Waals surface area contributed by atoms with Crippen molar-refractivity contribution in [1.29, 1.82) is 0 Å². The van der Waals surface area contributed by atoms with E-state index in [4.69, 9.17) is 16.2 Å². The van der Waals surface area contributed by atoms with Crippen LogP contribution in [-0.4, -0.2) is 35.7 Å². The van der Waals surface area contributed by atoms with Crippen molar-refractivity contribution in [2.45, 2.75) is 32.8 Å².